The van der Waals surface area contributed by atoms with Gasteiger partial charge < -0.3 is 11.2 Å². The van der Waals surface area contributed by atoms with E-state index in [0.29, 0.717) is 24.2 Å². The van der Waals surface area contributed by atoms with Crippen molar-refractivity contribution in [3.8, 4) is 0 Å². The number of amides is 1. The smallest absolute Gasteiger partial charge is 0.243 e. The summed E-state index contributed by atoms with van der Waals surface area (Å²) >= 11 is 7.38. The van der Waals surface area contributed by atoms with E-state index in [1.807, 2.05) is 0 Å². The summed E-state index contributed by atoms with van der Waals surface area (Å²) in [7, 11) is -3.64. The van der Waals surface area contributed by atoms with E-state index in [-0.39, 0.29) is 27.3 Å². The van der Waals surface area contributed by atoms with Gasteiger partial charge >= 0.3 is 0 Å². The van der Waals surface area contributed by atoms with Gasteiger partial charge in [0.05, 0.1) is 21.4 Å². The quantitative estimate of drug-likeness (QED) is 0.457. The van der Waals surface area contributed by atoms with Crippen LogP contribution in [0.15, 0.2) is 28.3 Å². The number of nitrogens with one attached hydrogen (secondary N) is 1. The number of benzene rings is 1. The molecule has 1 aromatic heterocycles. The number of hydrogen-bond acceptors (Lipinski definition) is 7. The highest BCUT2D eigenvalue weighted by molar-refractivity contribution is 7.99. The summed E-state index contributed by atoms with van der Waals surface area (Å²) in [5.74, 6) is 6.79. The molecular weight excluding hydrogens is 460 g/mol. The number of halogens is 1. The second-order valence-corrected chi connectivity index (χ2v) is 11.1. The monoisotopic (exact) mass is 484 g/mol. The molecule has 168 valence electrons. The Morgan fingerprint density at radius 2 is 1.90 bits per heavy atom. The topological polar surface area (TPSA) is 123 Å². The second kappa shape index (κ2) is 9.35. The Bertz CT molecular complexity index is 1060. The number of hydrogen-bond donors (Lipinski definition) is 2. The zero-order valence-electron chi connectivity index (χ0n) is 17.0. The fraction of sp³-hybridized carbons (Fsp3) is 0.526. The first-order chi connectivity index (χ1) is 14.9. The number of carbonyl (C=O) groups excluding carboxylic acids is 1. The molecule has 1 aliphatic heterocycles. The molecule has 0 bridgehead atoms. The average Bonchev–Trinajstić information content (AvgIpc) is 3.55. The molecule has 3 N–H and O–H groups in total. The number of anilines is 1. The van der Waals surface area contributed by atoms with Crippen molar-refractivity contribution in [2.45, 2.75) is 54.5 Å². The minimum atomic E-state index is -3.64. The normalized spacial score (nSPS) is 18.0. The van der Waals surface area contributed by atoms with Gasteiger partial charge in [-0.2, -0.15) is 4.31 Å². The van der Waals surface area contributed by atoms with E-state index in [0.717, 1.165) is 56.1 Å². The van der Waals surface area contributed by atoms with Crippen LogP contribution in [0.5, 0.6) is 0 Å². The van der Waals surface area contributed by atoms with E-state index in [2.05, 4.69) is 15.5 Å². The number of rotatable bonds is 7. The van der Waals surface area contributed by atoms with Gasteiger partial charge in [-0.3, -0.25) is 4.79 Å². The lowest BCUT2D eigenvalue weighted by Gasteiger charge is -2.20. The molecule has 2 aliphatic rings. The third-order valence-corrected chi connectivity index (χ3v) is 8.55. The van der Waals surface area contributed by atoms with Gasteiger partial charge in [-0.1, -0.05) is 36.2 Å². The van der Waals surface area contributed by atoms with Crippen LogP contribution < -0.4 is 11.2 Å². The van der Waals surface area contributed by atoms with Gasteiger partial charge in [0.25, 0.3) is 0 Å². The van der Waals surface area contributed by atoms with Gasteiger partial charge in [0.15, 0.2) is 5.82 Å². The molecule has 0 atom stereocenters. The Morgan fingerprint density at radius 1 is 1.19 bits per heavy atom. The van der Waals surface area contributed by atoms with Crippen molar-refractivity contribution < 1.29 is 13.2 Å². The molecule has 1 saturated heterocycles. The molecule has 1 saturated carbocycles. The van der Waals surface area contributed by atoms with Crippen LogP contribution in [0.25, 0.3) is 0 Å². The fourth-order valence-electron chi connectivity index (χ4n) is 3.51. The highest BCUT2D eigenvalue weighted by Gasteiger charge is 2.30. The van der Waals surface area contributed by atoms with Crippen LogP contribution >= 0.6 is 23.4 Å². The van der Waals surface area contributed by atoms with Crippen molar-refractivity contribution in [2.75, 3.05) is 30.0 Å². The van der Waals surface area contributed by atoms with Crippen LogP contribution in [0.3, 0.4) is 0 Å². The van der Waals surface area contributed by atoms with Crippen molar-refractivity contribution >= 4 is 45.0 Å². The average molecular weight is 485 g/mol. The molecule has 0 unspecified atom stereocenters. The van der Waals surface area contributed by atoms with E-state index < -0.39 is 10.0 Å². The molecule has 31 heavy (non-hydrogen) atoms. The molecule has 1 aromatic carbocycles. The first kappa shape index (κ1) is 22.4. The first-order valence-electron chi connectivity index (χ1n) is 10.3. The van der Waals surface area contributed by atoms with Crippen LogP contribution in [0.4, 0.5) is 5.69 Å². The maximum Gasteiger partial charge on any atom is 0.243 e. The van der Waals surface area contributed by atoms with Crippen LogP contribution in [-0.4, -0.2) is 52.3 Å². The lowest BCUT2D eigenvalue weighted by molar-refractivity contribution is -0.113. The second-order valence-electron chi connectivity index (χ2n) is 7.78. The summed E-state index contributed by atoms with van der Waals surface area (Å²) in [5, 5.41) is 11.6. The number of sulfonamides is 1. The zero-order chi connectivity index (χ0) is 22.0. The van der Waals surface area contributed by atoms with Gasteiger partial charge in [0.1, 0.15) is 0 Å². The van der Waals surface area contributed by atoms with Gasteiger partial charge in [-0.15, -0.1) is 10.2 Å². The minimum absolute atomic E-state index is 0.0411. The van der Waals surface area contributed by atoms with Crippen molar-refractivity contribution in [1.82, 2.24) is 19.2 Å². The van der Waals surface area contributed by atoms with E-state index in [9.17, 15) is 13.2 Å². The lowest BCUT2D eigenvalue weighted by Crippen LogP contribution is -2.32. The Kier molecular flexibility index (Phi) is 6.75. The number of nitrogens with two attached hydrogens (primary N) is 1. The number of nitrogen functional groups attached to an aromatic ring is 1. The van der Waals surface area contributed by atoms with Crippen LogP contribution in [0.2, 0.25) is 5.02 Å². The Balaban J connectivity index is 1.42. The van der Waals surface area contributed by atoms with Crippen molar-refractivity contribution in [3.63, 3.8) is 0 Å². The lowest BCUT2D eigenvalue weighted by atomic mass is 10.2. The maximum absolute atomic E-state index is 13.0. The molecule has 9 nitrogen and oxygen atoms in total. The summed E-state index contributed by atoms with van der Waals surface area (Å²) in [5.41, 5.74) is 0.260. The van der Waals surface area contributed by atoms with Crippen molar-refractivity contribution in [2.24, 2.45) is 0 Å². The zero-order valence-corrected chi connectivity index (χ0v) is 19.3. The van der Waals surface area contributed by atoms with Gasteiger partial charge in [0.2, 0.25) is 21.1 Å². The standard InChI is InChI=1S/C19H25ClN6O3S2/c20-15-8-7-14(31(28,29)25-9-3-1-2-4-10-25)11-16(15)22-17(27)12-30-19-24-23-18(26(19)21)13-5-6-13/h7-8,11,13H,1-6,9-10,12,21H2,(H,22,27). The third-order valence-electron chi connectivity index (χ3n) is 5.38. The molecule has 2 aromatic rings. The predicted octanol–water partition coefficient (Wildman–Crippen LogP) is 2.82. The van der Waals surface area contributed by atoms with E-state index >= 15 is 0 Å². The number of aromatic nitrogens is 3. The van der Waals surface area contributed by atoms with Gasteiger partial charge in [0, 0.05) is 19.0 Å². The summed E-state index contributed by atoms with van der Waals surface area (Å²) in [6.45, 7) is 1.01. The highest BCUT2D eigenvalue weighted by atomic mass is 35.5. The number of carbonyl (C=O) groups is 1. The molecule has 2 fully saturated rings. The molecule has 0 radical (unpaired) electrons. The first-order valence-corrected chi connectivity index (χ1v) is 13.1. The largest absolute Gasteiger partial charge is 0.336 e. The van der Waals surface area contributed by atoms with E-state index in [1.165, 1.54) is 27.2 Å². The summed E-state index contributed by atoms with van der Waals surface area (Å²) in [6, 6.07) is 4.39. The van der Waals surface area contributed by atoms with Crippen molar-refractivity contribution in [3.05, 3.63) is 29.0 Å². The van der Waals surface area contributed by atoms with Crippen molar-refractivity contribution in [1.29, 1.82) is 0 Å². The number of thioether (sulfide) groups is 1. The Hall–Kier alpha value is -1.82. The maximum atomic E-state index is 13.0. The van der Waals surface area contributed by atoms with Gasteiger partial charge in [-0.05, 0) is 43.9 Å². The molecule has 4 rings (SSSR count). The molecule has 2 heterocycles. The van der Waals surface area contributed by atoms with E-state index in [1.54, 1.807) is 0 Å². The van der Waals surface area contributed by atoms with Crippen LogP contribution in [0, 0.1) is 0 Å². The highest BCUT2D eigenvalue weighted by Crippen LogP contribution is 2.39. The van der Waals surface area contributed by atoms with Crippen LogP contribution in [-0.2, 0) is 14.8 Å². The third kappa shape index (κ3) is 5.16. The summed E-state index contributed by atoms with van der Waals surface area (Å²) in [6.07, 6.45) is 5.86. The molecule has 1 amide bonds. The molecular formula is C19H25ClN6O3S2. The minimum Gasteiger partial charge on any atom is -0.336 e. The van der Waals surface area contributed by atoms with Crippen LogP contribution in [0.1, 0.15) is 50.3 Å². The molecule has 1 aliphatic carbocycles. The Labute approximate surface area is 190 Å². The Morgan fingerprint density at radius 3 is 2.58 bits per heavy atom. The molecule has 0 spiro atoms. The molecule has 12 heteroatoms. The number of nitrogens with zero attached hydrogens (tertiary/aromatic N) is 4. The fourth-order valence-corrected chi connectivity index (χ4v) is 5.89. The SMILES string of the molecule is Nn1c(SCC(=O)Nc2cc(S(=O)(=O)N3CCCCCC3)ccc2Cl)nnc1C1CC1. The predicted molar refractivity (Wildman–Crippen MR) is 120 cm³/mol. The summed E-state index contributed by atoms with van der Waals surface area (Å²) in [4.78, 5) is 12.6. The summed E-state index contributed by atoms with van der Waals surface area (Å²) < 4.78 is 29.0. The van der Waals surface area contributed by atoms with E-state index in [4.69, 9.17) is 17.4 Å². The van der Waals surface area contributed by atoms with Gasteiger partial charge in [-0.25, -0.2) is 13.1 Å².